The second-order valence-electron chi connectivity index (χ2n) is 7.56. The van der Waals surface area contributed by atoms with Gasteiger partial charge in [0.25, 0.3) is 0 Å². The summed E-state index contributed by atoms with van der Waals surface area (Å²) in [6.07, 6.45) is 4.74. The third-order valence-electron chi connectivity index (χ3n) is 5.20. The molecule has 0 saturated carbocycles. The molecule has 0 saturated heterocycles. The van der Waals surface area contributed by atoms with Crippen LogP contribution in [0.15, 0.2) is 71.5 Å². The van der Waals surface area contributed by atoms with Crippen molar-refractivity contribution >= 4 is 39.9 Å². The standard InChI is InChI=1S/C27H25ClN2O4/c1-4-32-20-9-6-18(7-10-20)23-16-34-25-14-24(33-5-2)21(13-22(23)25)17(3)12-27(31)30-26-11-8-19(28)15-29-26/h6-16H,4-5H2,1-3H3,(H,29,30,31)/b17-12+. The van der Waals surface area contributed by atoms with Crippen LogP contribution in [0.1, 0.15) is 26.3 Å². The number of nitrogens with one attached hydrogen (secondary N) is 1. The smallest absolute Gasteiger partial charge is 0.249 e. The summed E-state index contributed by atoms with van der Waals surface area (Å²) in [4.78, 5) is 16.7. The van der Waals surface area contributed by atoms with E-state index in [2.05, 4.69) is 10.3 Å². The number of halogens is 1. The van der Waals surface area contributed by atoms with Crippen LogP contribution in [0, 0.1) is 0 Å². The molecule has 4 aromatic rings. The summed E-state index contributed by atoms with van der Waals surface area (Å²) in [5.41, 5.74) is 4.21. The van der Waals surface area contributed by atoms with Crippen LogP contribution in [-0.4, -0.2) is 24.1 Å². The van der Waals surface area contributed by atoms with Crippen LogP contribution in [-0.2, 0) is 4.79 Å². The summed E-state index contributed by atoms with van der Waals surface area (Å²) in [5.74, 6) is 1.59. The zero-order valence-corrected chi connectivity index (χ0v) is 20.0. The van der Waals surface area contributed by atoms with Gasteiger partial charge >= 0.3 is 0 Å². The number of ether oxygens (including phenoxy) is 2. The maximum Gasteiger partial charge on any atom is 0.249 e. The number of carbonyl (C=O) groups excluding carboxylic acids is 1. The Morgan fingerprint density at radius 1 is 1.09 bits per heavy atom. The van der Waals surface area contributed by atoms with Gasteiger partial charge in [-0.05, 0) is 62.2 Å². The fourth-order valence-electron chi connectivity index (χ4n) is 3.65. The van der Waals surface area contributed by atoms with Crippen molar-refractivity contribution in [3.63, 3.8) is 0 Å². The maximum atomic E-state index is 12.6. The number of amides is 1. The highest BCUT2D eigenvalue weighted by Crippen LogP contribution is 2.38. The molecule has 0 atom stereocenters. The van der Waals surface area contributed by atoms with Gasteiger partial charge in [-0.2, -0.15) is 0 Å². The van der Waals surface area contributed by atoms with Gasteiger partial charge in [0.1, 0.15) is 22.9 Å². The SMILES string of the molecule is CCOc1ccc(-c2coc3cc(OCC)c(/C(C)=C/C(=O)Nc4ccc(Cl)cn4)cc23)cc1. The van der Waals surface area contributed by atoms with Gasteiger partial charge in [0, 0.05) is 34.9 Å². The molecule has 0 aliphatic carbocycles. The van der Waals surface area contributed by atoms with Crippen LogP contribution in [0.2, 0.25) is 5.02 Å². The molecule has 2 aromatic carbocycles. The fourth-order valence-corrected chi connectivity index (χ4v) is 3.76. The quantitative estimate of drug-likeness (QED) is 0.277. The zero-order valence-electron chi connectivity index (χ0n) is 19.2. The molecule has 4 rings (SSSR count). The molecule has 34 heavy (non-hydrogen) atoms. The van der Waals surface area contributed by atoms with E-state index in [1.807, 2.05) is 57.2 Å². The highest BCUT2D eigenvalue weighted by Gasteiger charge is 2.15. The summed E-state index contributed by atoms with van der Waals surface area (Å²) < 4.78 is 17.3. The average molecular weight is 477 g/mol. The molecule has 1 amide bonds. The molecule has 6 nitrogen and oxygen atoms in total. The topological polar surface area (TPSA) is 73.6 Å². The average Bonchev–Trinajstić information content (AvgIpc) is 3.24. The third kappa shape index (κ3) is 5.24. The van der Waals surface area contributed by atoms with Gasteiger partial charge in [-0.3, -0.25) is 4.79 Å². The van der Waals surface area contributed by atoms with E-state index in [-0.39, 0.29) is 5.91 Å². The lowest BCUT2D eigenvalue weighted by Gasteiger charge is -2.12. The minimum atomic E-state index is -0.297. The summed E-state index contributed by atoms with van der Waals surface area (Å²) >= 11 is 5.86. The maximum absolute atomic E-state index is 12.6. The Morgan fingerprint density at radius 3 is 2.53 bits per heavy atom. The van der Waals surface area contributed by atoms with Crippen LogP contribution >= 0.6 is 11.6 Å². The fraction of sp³-hybridized carbons (Fsp3) is 0.185. The number of hydrogen-bond donors (Lipinski definition) is 1. The van der Waals surface area contributed by atoms with Crippen molar-refractivity contribution < 1.29 is 18.7 Å². The first-order chi connectivity index (χ1) is 16.5. The molecular formula is C27H25ClN2O4. The number of carbonyl (C=O) groups is 1. The zero-order chi connectivity index (χ0) is 24.1. The van der Waals surface area contributed by atoms with E-state index in [9.17, 15) is 4.79 Å². The monoisotopic (exact) mass is 476 g/mol. The van der Waals surface area contributed by atoms with Crippen molar-refractivity contribution in [2.24, 2.45) is 0 Å². The molecule has 1 N–H and O–H groups in total. The highest BCUT2D eigenvalue weighted by atomic mass is 35.5. The normalized spacial score (nSPS) is 11.5. The van der Waals surface area contributed by atoms with Gasteiger partial charge in [0.05, 0.1) is 24.5 Å². The Kier molecular flexibility index (Phi) is 7.18. The Bertz CT molecular complexity index is 1330. The molecule has 7 heteroatoms. The van der Waals surface area contributed by atoms with Crippen LogP contribution < -0.4 is 14.8 Å². The van der Waals surface area contributed by atoms with Crippen molar-refractivity contribution in [2.75, 3.05) is 18.5 Å². The molecule has 0 bridgehead atoms. The number of fused-ring (bicyclic) bond motifs is 1. The lowest BCUT2D eigenvalue weighted by molar-refractivity contribution is -0.111. The second kappa shape index (κ2) is 10.4. The Labute approximate surface area is 203 Å². The number of benzene rings is 2. The summed E-state index contributed by atoms with van der Waals surface area (Å²) in [7, 11) is 0. The Morgan fingerprint density at radius 2 is 1.85 bits per heavy atom. The van der Waals surface area contributed by atoms with Crippen LogP contribution in [0.25, 0.3) is 27.7 Å². The van der Waals surface area contributed by atoms with E-state index in [0.717, 1.165) is 33.4 Å². The molecule has 0 aliphatic rings. The number of rotatable bonds is 8. The van der Waals surface area contributed by atoms with Crippen LogP contribution in [0.5, 0.6) is 11.5 Å². The molecule has 0 fully saturated rings. The minimum absolute atomic E-state index is 0.297. The van der Waals surface area contributed by atoms with Crippen molar-refractivity contribution in [1.29, 1.82) is 0 Å². The van der Waals surface area contributed by atoms with Gasteiger partial charge in [0.2, 0.25) is 5.91 Å². The molecule has 174 valence electrons. The van der Waals surface area contributed by atoms with Crippen molar-refractivity contribution in [2.45, 2.75) is 20.8 Å². The molecule has 0 radical (unpaired) electrons. The first-order valence-corrected chi connectivity index (χ1v) is 11.4. The van der Waals surface area contributed by atoms with Gasteiger partial charge < -0.3 is 19.2 Å². The van der Waals surface area contributed by atoms with E-state index in [1.54, 1.807) is 18.4 Å². The lowest BCUT2D eigenvalue weighted by Crippen LogP contribution is -2.10. The first kappa shape index (κ1) is 23.4. The number of furan rings is 1. The lowest BCUT2D eigenvalue weighted by atomic mass is 9.99. The predicted molar refractivity (Wildman–Crippen MR) is 136 cm³/mol. The third-order valence-corrected chi connectivity index (χ3v) is 5.43. The van der Waals surface area contributed by atoms with Crippen molar-refractivity contribution in [3.8, 4) is 22.6 Å². The van der Waals surface area contributed by atoms with Gasteiger partial charge in [0.15, 0.2) is 0 Å². The number of aromatic nitrogens is 1. The number of allylic oxidation sites excluding steroid dienone is 1. The van der Waals surface area contributed by atoms with E-state index in [4.69, 9.17) is 25.5 Å². The van der Waals surface area contributed by atoms with E-state index >= 15 is 0 Å². The van der Waals surface area contributed by atoms with Gasteiger partial charge in [-0.15, -0.1) is 0 Å². The Balaban J connectivity index is 1.69. The molecular weight excluding hydrogens is 452 g/mol. The van der Waals surface area contributed by atoms with Gasteiger partial charge in [-0.25, -0.2) is 4.98 Å². The predicted octanol–water partition coefficient (Wildman–Crippen LogP) is 6.99. The number of nitrogens with zero attached hydrogens (tertiary/aromatic N) is 1. The van der Waals surface area contributed by atoms with Crippen molar-refractivity contribution in [1.82, 2.24) is 4.98 Å². The second-order valence-corrected chi connectivity index (χ2v) is 8.00. The summed E-state index contributed by atoms with van der Waals surface area (Å²) in [5, 5.41) is 4.18. The van der Waals surface area contributed by atoms with Crippen LogP contribution in [0.3, 0.4) is 0 Å². The molecule has 0 unspecified atom stereocenters. The summed E-state index contributed by atoms with van der Waals surface area (Å²) in [6.45, 7) is 6.84. The number of anilines is 1. The molecule has 2 aromatic heterocycles. The number of pyridine rings is 1. The van der Waals surface area contributed by atoms with Crippen LogP contribution in [0.4, 0.5) is 5.82 Å². The molecule has 2 heterocycles. The molecule has 0 aliphatic heterocycles. The minimum Gasteiger partial charge on any atom is -0.494 e. The van der Waals surface area contributed by atoms with Crippen molar-refractivity contribution in [3.05, 3.63) is 77.7 Å². The Hall–Kier alpha value is -3.77. The van der Waals surface area contributed by atoms with E-state index < -0.39 is 0 Å². The highest BCUT2D eigenvalue weighted by molar-refractivity contribution is 6.30. The van der Waals surface area contributed by atoms with Gasteiger partial charge in [-0.1, -0.05) is 23.7 Å². The van der Waals surface area contributed by atoms with E-state index in [0.29, 0.717) is 35.4 Å². The number of hydrogen-bond acceptors (Lipinski definition) is 5. The van der Waals surface area contributed by atoms with E-state index in [1.165, 1.54) is 12.3 Å². The largest absolute Gasteiger partial charge is 0.494 e. The molecule has 0 spiro atoms. The first-order valence-electron chi connectivity index (χ1n) is 11.0. The summed E-state index contributed by atoms with van der Waals surface area (Å²) in [6, 6.07) is 15.1.